The second-order valence-corrected chi connectivity index (χ2v) is 6.01. The van der Waals surface area contributed by atoms with Crippen LogP contribution < -0.4 is 10.6 Å². The maximum atomic E-state index is 5.69. The predicted molar refractivity (Wildman–Crippen MR) is 78.5 cm³/mol. The zero-order valence-corrected chi connectivity index (χ0v) is 12.0. The molecular weight excluding hydrogens is 236 g/mol. The molecule has 2 heterocycles. The number of ether oxygens (including phenoxy) is 1. The lowest BCUT2D eigenvalue weighted by molar-refractivity contribution is 0.0881. The van der Waals surface area contributed by atoms with Gasteiger partial charge in [-0.3, -0.25) is 0 Å². The summed E-state index contributed by atoms with van der Waals surface area (Å²) in [4.78, 5) is 0. The molecule has 2 aliphatic rings. The number of fused-ring (bicyclic) bond motifs is 1. The van der Waals surface area contributed by atoms with Crippen LogP contribution in [-0.2, 0) is 17.7 Å². The van der Waals surface area contributed by atoms with Gasteiger partial charge in [0, 0.05) is 30.9 Å². The predicted octanol–water partition coefficient (Wildman–Crippen LogP) is 2.70. The molecule has 2 atom stereocenters. The topological polar surface area (TPSA) is 33.3 Å². The Kier molecular flexibility index (Phi) is 3.50. The van der Waals surface area contributed by atoms with Crippen molar-refractivity contribution in [2.45, 2.75) is 51.3 Å². The van der Waals surface area contributed by atoms with E-state index in [0.29, 0.717) is 6.10 Å². The van der Waals surface area contributed by atoms with Gasteiger partial charge in [0.2, 0.25) is 0 Å². The molecule has 2 unspecified atom stereocenters. The summed E-state index contributed by atoms with van der Waals surface area (Å²) in [5.41, 5.74) is 4.37. The van der Waals surface area contributed by atoms with Gasteiger partial charge in [-0.1, -0.05) is 12.1 Å². The van der Waals surface area contributed by atoms with Crippen molar-refractivity contribution in [3.63, 3.8) is 0 Å². The number of anilines is 1. The molecule has 1 aromatic carbocycles. The first-order valence-electron chi connectivity index (χ1n) is 7.40. The van der Waals surface area contributed by atoms with E-state index in [0.717, 1.165) is 26.1 Å². The van der Waals surface area contributed by atoms with Crippen molar-refractivity contribution in [3.8, 4) is 0 Å². The lowest BCUT2D eigenvalue weighted by atomic mass is 9.93. The molecule has 2 N–H and O–H groups in total. The molecule has 0 aliphatic carbocycles. The minimum absolute atomic E-state index is 0.116. The molecule has 19 heavy (non-hydrogen) atoms. The number of rotatable bonds is 3. The van der Waals surface area contributed by atoms with E-state index in [1.54, 1.807) is 0 Å². The van der Waals surface area contributed by atoms with Gasteiger partial charge in [-0.15, -0.1) is 0 Å². The molecule has 1 saturated heterocycles. The van der Waals surface area contributed by atoms with Gasteiger partial charge in [-0.2, -0.15) is 0 Å². The summed E-state index contributed by atoms with van der Waals surface area (Å²) in [6.45, 7) is 7.36. The van der Waals surface area contributed by atoms with E-state index in [-0.39, 0.29) is 5.54 Å². The van der Waals surface area contributed by atoms with E-state index in [4.69, 9.17) is 4.74 Å². The fraction of sp³-hybridized carbons (Fsp3) is 0.625. The molecule has 3 rings (SSSR count). The average molecular weight is 260 g/mol. The summed E-state index contributed by atoms with van der Waals surface area (Å²) < 4.78 is 5.69. The van der Waals surface area contributed by atoms with Crippen LogP contribution in [0.3, 0.4) is 0 Å². The van der Waals surface area contributed by atoms with Gasteiger partial charge >= 0.3 is 0 Å². The van der Waals surface area contributed by atoms with E-state index in [1.165, 1.54) is 29.7 Å². The summed E-state index contributed by atoms with van der Waals surface area (Å²) in [5.74, 6) is 0. The van der Waals surface area contributed by atoms with E-state index in [9.17, 15) is 0 Å². The van der Waals surface area contributed by atoms with E-state index >= 15 is 0 Å². The number of hydrogen-bond acceptors (Lipinski definition) is 3. The fourth-order valence-electron chi connectivity index (χ4n) is 3.11. The Balaban J connectivity index is 1.73. The molecule has 0 aromatic heterocycles. The highest BCUT2D eigenvalue weighted by Crippen LogP contribution is 2.28. The molecule has 1 aromatic rings. The first kappa shape index (κ1) is 12.9. The highest BCUT2D eigenvalue weighted by molar-refractivity contribution is 5.56. The average Bonchev–Trinajstić information content (AvgIpc) is 2.77. The van der Waals surface area contributed by atoms with Crippen LogP contribution in [0.4, 0.5) is 5.69 Å². The third-order valence-electron chi connectivity index (χ3n) is 4.76. The summed E-state index contributed by atoms with van der Waals surface area (Å²) in [5, 5.41) is 7.22. The Labute approximate surface area is 115 Å². The molecule has 2 aliphatic heterocycles. The Hall–Kier alpha value is -1.06. The molecule has 3 nitrogen and oxygen atoms in total. The van der Waals surface area contributed by atoms with Gasteiger partial charge in [0.05, 0.1) is 6.10 Å². The monoisotopic (exact) mass is 260 g/mol. The summed E-state index contributed by atoms with van der Waals surface area (Å²) in [6, 6.07) is 6.61. The number of nitrogens with one attached hydrogen (secondary N) is 2. The molecular formula is C16H24N2O. The first-order valence-corrected chi connectivity index (χ1v) is 7.40. The van der Waals surface area contributed by atoms with Crippen LogP contribution in [0.15, 0.2) is 18.2 Å². The van der Waals surface area contributed by atoms with Crippen LogP contribution in [0.25, 0.3) is 0 Å². The quantitative estimate of drug-likeness (QED) is 0.876. The zero-order chi connectivity index (χ0) is 13.3. The van der Waals surface area contributed by atoms with Crippen LogP contribution in [0.1, 0.15) is 37.8 Å². The maximum Gasteiger partial charge on any atom is 0.0726 e. The number of benzene rings is 1. The Morgan fingerprint density at radius 2 is 2.37 bits per heavy atom. The smallest absolute Gasteiger partial charge is 0.0726 e. The van der Waals surface area contributed by atoms with Crippen LogP contribution in [0.2, 0.25) is 0 Å². The lowest BCUT2D eigenvalue weighted by Crippen LogP contribution is -2.47. The lowest BCUT2D eigenvalue weighted by Gasteiger charge is -2.30. The third-order valence-corrected chi connectivity index (χ3v) is 4.76. The van der Waals surface area contributed by atoms with Crippen LogP contribution in [0, 0.1) is 0 Å². The fourth-order valence-corrected chi connectivity index (χ4v) is 3.11. The molecule has 104 valence electrons. The van der Waals surface area contributed by atoms with Crippen molar-refractivity contribution < 1.29 is 4.74 Å². The van der Waals surface area contributed by atoms with Crippen molar-refractivity contribution in [2.75, 3.05) is 18.5 Å². The van der Waals surface area contributed by atoms with Crippen molar-refractivity contribution >= 4 is 5.69 Å². The molecule has 0 spiro atoms. The Morgan fingerprint density at radius 1 is 1.47 bits per heavy atom. The third kappa shape index (κ3) is 2.49. The van der Waals surface area contributed by atoms with Gasteiger partial charge in [0.25, 0.3) is 0 Å². The summed E-state index contributed by atoms with van der Waals surface area (Å²) in [7, 11) is 0. The second kappa shape index (κ2) is 5.14. The number of hydrogen-bond donors (Lipinski definition) is 2. The van der Waals surface area contributed by atoms with Crippen molar-refractivity contribution in [2.24, 2.45) is 0 Å². The van der Waals surface area contributed by atoms with E-state index < -0.39 is 0 Å². The van der Waals surface area contributed by atoms with E-state index in [1.807, 2.05) is 0 Å². The molecule has 0 amide bonds. The van der Waals surface area contributed by atoms with Crippen molar-refractivity contribution in [3.05, 3.63) is 29.3 Å². The standard InChI is InChI=1S/C16H24N2O/c1-12-16(2,8-10-19-12)18-11-13-5-3-7-15-14(13)6-4-9-17-15/h3,5,7,12,17-18H,4,6,8-11H2,1-2H3. The van der Waals surface area contributed by atoms with Gasteiger partial charge in [-0.25, -0.2) is 0 Å². The highest BCUT2D eigenvalue weighted by atomic mass is 16.5. The van der Waals surface area contributed by atoms with Crippen LogP contribution >= 0.6 is 0 Å². The van der Waals surface area contributed by atoms with Crippen LogP contribution in [0.5, 0.6) is 0 Å². The van der Waals surface area contributed by atoms with Gasteiger partial charge < -0.3 is 15.4 Å². The Morgan fingerprint density at radius 3 is 3.16 bits per heavy atom. The van der Waals surface area contributed by atoms with Gasteiger partial charge in [0.15, 0.2) is 0 Å². The van der Waals surface area contributed by atoms with Gasteiger partial charge in [-0.05, 0) is 50.3 Å². The first-order chi connectivity index (χ1) is 9.19. The minimum atomic E-state index is 0.116. The molecule has 0 radical (unpaired) electrons. The minimum Gasteiger partial charge on any atom is -0.385 e. The second-order valence-electron chi connectivity index (χ2n) is 6.01. The molecule has 1 fully saturated rings. The maximum absolute atomic E-state index is 5.69. The SMILES string of the molecule is CC1OCCC1(C)NCc1cccc2c1CCCN2. The van der Waals surface area contributed by atoms with Crippen molar-refractivity contribution in [1.29, 1.82) is 0 Å². The highest BCUT2D eigenvalue weighted by Gasteiger charge is 2.36. The largest absolute Gasteiger partial charge is 0.385 e. The zero-order valence-electron chi connectivity index (χ0n) is 12.0. The summed E-state index contributed by atoms with van der Waals surface area (Å²) in [6.07, 6.45) is 3.83. The normalized spacial score (nSPS) is 29.9. The Bertz CT molecular complexity index is 460. The molecule has 3 heteroatoms. The van der Waals surface area contributed by atoms with Crippen molar-refractivity contribution in [1.82, 2.24) is 5.32 Å². The molecule has 0 bridgehead atoms. The van der Waals surface area contributed by atoms with Gasteiger partial charge in [0.1, 0.15) is 0 Å². The summed E-state index contributed by atoms with van der Waals surface area (Å²) >= 11 is 0. The molecule has 0 saturated carbocycles. The van der Waals surface area contributed by atoms with Crippen LogP contribution in [-0.4, -0.2) is 24.8 Å². The van der Waals surface area contributed by atoms with E-state index in [2.05, 4.69) is 42.7 Å².